The van der Waals surface area contributed by atoms with Crippen molar-refractivity contribution in [2.75, 3.05) is 14.1 Å². The highest BCUT2D eigenvalue weighted by molar-refractivity contribution is 5.79. The molecule has 1 aromatic carbocycles. The van der Waals surface area contributed by atoms with Crippen molar-refractivity contribution in [3.8, 4) is 0 Å². The lowest BCUT2D eigenvalue weighted by atomic mass is 10.00. The minimum absolute atomic E-state index is 0.811. The zero-order valence-electron chi connectivity index (χ0n) is 10.8. The maximum Gasteiger partial charge on any atom is 0.190 e. The molecule has 1 rings (SSSR count). The molecule has 0 unspecified atom stereocenters. The van der Waals surface area contributed by atoms with Crippen LogP contribution in [-0.4, -0.2) is 20.1 Å². The van der Waals surface area contributed by atoms with Gasteiger partial charge >= 0.3 is 0 Å². The summed E-state index contributed by atoms with van der Waals surface area (Å²) in [5.41, 5.74) is 5.33. The molecule has 3 heteroatoms. The van der Waals surface area contributed by atoms with Gasteiger partial charge in [0.15, 0.2) is 5.96 Å². The van der Waals surface area contributed by atoms with Gasteiger partial charge in [-0.1, -0.05) is 17.7 Å². The summed E-state index contributed by atoms with van der Waals surface area (Å²) in [7, 11) is 3.64. The van der Waals surface area contributed by atoms with Crippen molar-refractivity contribution in [3.63, 3.8) is 0 Å². The second-order valence-electron chi connectivity index (χ2n) is 4.05. The first kappa shape index (κ1) is 12.6. The summed E-state index contributed by atoms with van der Waals surface area (Å²) in [5.74, 6) is 0.819. The molecule has 0 saturated carbocycles. The molecule has 3 nitrogen and oxygen atoms in total. The standard InChI is InChI=1S/C13H21N3/c1-9-6-10(2)12(11(3)7-9)8-16-13(14-4)15-5/h6-7H,8H2,1-5H3,(H2,14,15,16). The zero-order valence-corrected chi connectivity index (χ0v) is 10.8. The Labute approximate surface area is 98.0 Å². The minimum atomic E-state index is 0.811. The largest absolute Gasteiger partial charge is 0.359 e. The Kier molecular flexibility index (Phi) is 4.35. The van der Waals surface area contributed by atoms with E-state index < -0.39 is 0 Å². The molecular weight excluding hydrogens is 198 g/mol. The monoisotopic (exact) mass is 219 g/mol. The fourth-order valence-corrected chi connectivity index (χ4v) is 1.94. The smallest absolute Gasteiger partial charge is 0.190 e. The highest BCUT2D eigenvalue weighted by atomic mass is 15.1. The molecule has 0 radical (unpaired) electrons. The quantitative estimate of drug-likeness (QED) is 0.589. The molecule has 0 heterocycles. The van der Waals surface area contributed by atoms with Gasteiger partial charge in [-0.3, -0.25) is 4.99 Å². The Balaban J connectivity index is 2.82. The van der Waals surface area contributed by atoms with Crippen LogP contribution in [0.2, 0.25) is 0 Å². The van der Waals surface area contributed by atoms with Crippen LogP contribution in [0.3, 0.4) is 0 Å². The second kappa shape index (κ2) is 5.54. The van der Waals surface area contributed by atoms with E-state index in [1.165, 1.54) is 22.3 Å². The molecule has 0 aromatic heterocycles. The predicted octanol–water partition coefficient (Wildman–Crippen LogP) is 1.91. The van der Waals surface area contributed by atoms with Crippen LogP contribution in [0.25, 0.3) is 0 Å². The van der Waals surface area contributed by atoms with Gasteiger partial charge in [-0.2, -0.15) is 0 Å². The third-order valence-corrected chi connectivity index (χ3v) is 2.73. The van der Waals surface area contributed by atoms with Crippen LogP contribution in [0.4, 0.5) is 0 Å². The molecule has 16 heavy (non-hydrogen) atoms. The molecule has 0 amide bonds. The number of hydrogen-bond acceptors (Lipinski definition) is 1. The Morgan fingerprint density at radius 2 is 1.75 bits per heavy atom. The molecule has 0 spiro atoms. The van der Waals surface area contributed by atoms with Gasteiger partial charge in [-0.05, 0) is 37.5 Å². The fourth-order valence-electron chi connectivity index (χ4n) is 1.94. The molecule has 0 saturated heterocycles. The second-order valence-corrected chi connectivity index (χ2v) is 4.05. The molecule has 88 valence electrons. The van der Waals surface area contributed by atoms with E-state index in [-0.39, 0.29) is 0 Å². The van der Waals surface area contributed by atoms with Gasteiger partial charge in [0.1, 0.15) is 0 Å². The van der Waals surface area contributed by atoms with Gasteiger partial charge in [0.25, 0.3) is 0 Å². The molecular formula is C13H21N3. The third-order valence-electron chi connectivity index (χ3n) is 2.73. The number of guanidine groups is 1. The molecule has 2 N–H and O–H groups in total. The maximum absolute atomic E-state index is 4.09. The van der Waals surface area contributed by atoms with E-state index in [1.54, 1.807) is 7.05 Å². The van der Waals surface area contributed by atoms with E-state index in [2.05, 4.69) is 48.5 Å². The van der Waals surface area contributed by atoms with E-state index in [4.69, 9.17) is 0 Å². The lowest BCUT2D eigenvalue weighted by Gasteiger charge is -2.13. The number of hydrogen-bond donors (Lipinski definition) is 2. The van der Waals surface area contributed by atoms with Crippen molar-refractivity contribution < 1.29 is 0 Å². The summed E-state index contributed by atoms with van der Waals surface area (Å²) >= 11 is 0. The first-order valence-electron chi connectivity index (χ1n) is 5.53. The molecule has 0 aliphatic carbocycles. The summed E-state index contributed by atoms with van der Waals surface area (Å²) < 4.78 is 0. The van der Waals surface area contributed by atoms with Crippen molar-refractivity contribution in [1.82, 2.24) is 10.6 Å². The lowest BCUT2D eigenvalue weighted by molar-refractivity contribution is 0.852. The predicted molar refractivity (Wildman–Crippen MR) is 69.9 cm³/mol. The summed E-state index contributed by atoms with van der Waals surface area (Å²) in [6.07, 6.45) is 0. The molecule has 0 atom stereocenters. The number of rotatable bonds is 2. The Hall–Kier alpha value is -1.51. The van der Waals surface area contributed by atoms with E-state index in [1.807, 2.05) is 7.05 Å². The van der Waals surface area contributed by atoms with Gasteiger partial charge in [-0.25, -0.2) is 0 Å². The highest BCUT2D eigenvalue weighted by Gasteiger charge is 2.04. The Morgan fingerprint density at radius 3 is 2.19 bits per heavy atom. The maximum atomic E-state index is 4.09. The number of aryl methyl sites for hydroxylation is 3. The molecule has 1 aromatic rings. The summed E-state index contributed by atoms with van der Waals surface area (Å²) in [4.78, 5) is 4.09. The normalized spacial score (nSPS) is 11.4. The van der Waals surface area contributed by atoms with Gasteiger partial charge in [0.2, 0.25) is 0 Å². The Bertz CT molecular complexity index is 371. The van der Waals surface area contributed by atoms with Crippen molar-refractivity contribution in [2.24, 2.45) is 4.99 Å². The number of benzene rings is 1. The van der Waals surface area contributed by atoms with Crippen molar-refractivity contribution in [2.45, 2.75) is 27.3 Å². The van der Waals surface area contributed by atoms with Crippen LogP contribution in [-0.2, 0) is 6.54 Å². The first-order chi connectivity index (χ1) is 7.58. The van der Waals surface area contributed by atoms with E-state index in [0.29, 0.717) is 0 Å². The van der Waals surface area contributed by atoms with E-state index in [0.717, 1.165) is 12.5 Å². The summed E-state index contributed by atoms with van der Waals surface area (Å²) in [5, 5.41) is 6.29. The molecule has 0 fully saturated rings. The van der Waals surface area contributed by atoms with E-state index >= 15 is 0 Å². The van der Waals surface area contributed by atoms with Gasteiger partial charge in [0.05, 0.1) is 0 Å². The Morgan fingerprint density at radius 1 is 1.19 bits per heavy atom. The van der Waals surface area contributed by atoms with Crippen LogP contribution in [0, 0.1) is 20.8 Å². The minimum Gasteiger partial charge on any atom is -0.359 e. The van der Waals surface area contributed by atoms with Gasteiger partial charge < -0.3 is 10.6 Å². The fraction of sp³-hybridized carbons (Fsp3) is 0.462. The van der Waals surface area contributed by atoms with E-state index in [9.17, 15) is 0 Å². The van der Waals surface area contributed by atoms with Crippen molar-refractivity contribution in [1.29, 1.82) is 0 Å². The topological polar surface area (TPSA) is 36.4 Å². The van der Waals surface area contributed by atoms with Crippen LogP contribution < -0.4 is 10.6 Å². The van der Waals surface area contributed by atoms with Crippen LogP contribution in [0.5, 0.6) is 0 Å². The van der Waals surface area contributed by atoms with Crippen LogP contribution >= 0.6 is 0 Å². The summed E-state index contributed by atoms with van der Waals surface area (Å²) in [6, 6.07) is 4.43. The number of nitrogens with one attached hydrogen (secondary N) is 2. The highest BCUT2D eigenvalue weighted by Crippen LogP contribution is 2.15. The van der Waals surface area contributed by atoms with Crippen LogP contribution in [0.15, 0.2) is 17.1 Å². The third kappa shape index (κ3) is 2.99. The molecule has 0 aliphatic heterocycles. The SMILES string of the molecule is CN=C(NC)NCc1c(C)cc(C)cc1C. The average Bonchev–Trinajstić information content (AvgIpc) is 2.22. The summed E-state index contributed by atoms with van der Waals surface area (Å²) in [6.45, 7) is 7.24. The van der Waals surface area contributed by atoms with Crippen molar-refractivity contribution >= 4 is 5.96 Å². The van der Waals surface area contributed by atoms with Crippen molar-refractivity contribution in [3.05, 3.63) is 34.4 Å². The van der Waals surface area contributed by atoms with Gasteiger partial charge in [0, 0.05) is 20.6 Å². The molecule has 0 bridgehead atoms. The van der Waals surface area contributed by atoms with Crippen LogP contribution in [0.1, 0.15) is 22.3 Å². The molecule has 0 aliphatic rings. The lowest BCUT2D eigenvalue weighted by Crippen LogP contribution is -2.34. The number of nitrogens with zero attached hydrogens (tertiary/aromatic N) is 1. The number of aliphatic imine (C=N–C) groups is 1. The average molecular weight is 219 g/mol. The van der Waals surface area contributed by atoms with Gasteiger partial charge in [-0.15, -0.1) is 0 Å². The zero-order chi connectivity index (χ0) is 12.1. The first-order valence-corrected chi connectivity index (χ1v) is 5.53.